The van der Waals surface area contributed by atoms with E-state index in [-0.39, 0.29) is 12.0 Å². The Bertz CT molecular complexity index is 356. The van der Waals surface area contributed by atoms with Gasteiger partial charge in [0, 0.05) is 19.2 Å². The molecule has 1 heterocycles. The van der Waals surface area contributed by atoms with Gasteiger partial charge in [-0.1, -0.05) is 0 Å². The molecule has 0 saturated carbocycles. The second-order valence-electron chi connectivity index (χ2n) is 3.94. The van der Waals surface area contributed by atoms with Gasteiger partial charge < -0.3 is 15.4 Å². The number of rotatable bonds is 3. The first kappa shape index (κ1) is 11.0. The van der Waals surface area contributed by atoms with E-state index in [1.165, 1.54) is 6.92 Å². The number of hydrogen-bond donors (Lipinski definition) is 2. The molecule has 1 aliphatic heterocycles. The minimum absolute atomic E-state index is 0.0614. The molecular weight excluding hydrogens is 204 g/mol. The van der Waals surface area contributed by atoms with Gasteiger partial charge in [0.2, 0.25) is 5.91 Å². The predicted octanol–water partition coefficient (Wildman–Crippen LogP) is 1.39. The largest absolute Gasteiger partial charge is 0.489 e. The molecule has 4 nitrogen and oxygen atoms in total. The molecule has 1 amide bonds. The molecule has 86 valence electrons. The van der Waals surface area contributed by atoms with E-state index in [4.69, 9.17) is 4.74 Å². The van der Waals surface area contributed by atoms with Crippen molar-refractivity contribution in [3.8, 4) is 5.75 Å². The Balaban J connectivity index is 1.93. The van der Waals surface area contributed by atoms with Crippen LogP contribution in [-0.2, 0) is 4.79 Å². The molecule has 1 fully saturated rings. The maximum atomic E-state index is 10.8. The molecule has 0 bridgehead atoms. The normalized spacial score (nSPS) is 19.4. The number of carbonyl (C=O) groups is 1. The van der Waals surface area contributed by atoms with Crippen LogP contribution in [0.2, 0.25) is 0 Å². The number of amides is 1. The van der Waals surface area contributed by atoms with Crippen molar-refractivity contribution in [1.29, 1.82) is 0 Å². The van der Waals surface area contributed by atoms with Crippen molar-refractivity contribution in [3.63, 3.8) is 0 Å². The first-order chi connectivity index (χ1) is 7.74. The molecule has 0 spiro atoms. The third-order valence-corrected chi connectivity index (χ3v) is 2.49. The third-order valence-electron chi connectivity index (χ3n) is 2.49. The van der Waals surface area contributed by atoms with E-state index >= 15 is 0 Å². The molecule has 1 unspecified atom stereocenters. The number of nitrogens with one attached hydrogen (secondary N) is 2. The Morgan fingerprint density at radius 3 is 2.75 bits per heavy atom. The second-order valence-corrected chi connectivity index (χ2v) is 3.94. The lowest BCUT2D eigenvalue weighted by Crippen LogP contribution is -2.19. The zero-order chi connectivity index (χ0) is 11.4. The summed E-state index contributed by atoms with van der Waals surface area (Å²) in [6.45, 7) is 3.43. The van der Waals surface area contributed by atoms with Gasteiger partial charge in [0.1, 0.15) is 11.9 Å². The molecule has 1 atom stereocenters. The third kappa shape index (κ3) is 2.97. The van der Waals surface area contributed by atoms with Crippen LogP contribution in [0.4, 0.5) is 5.69 Å². The van der Waals surface area contributed by atoms with Crippen molar-refractivity contribution in [2.24, 2.45) is 0 Å². The summed E-state index contributed by atoms with van der Waals surface area (Å²) in [6, 6.07) is 7.45. The Labute approximate surface area is 95.0 Å². The van der Waals surface area contributed by atoms with E-state index in [2.05, 4.69) is 10.6 Å². The number of carbonyl (C=O) groups excluding carboxylic acids is 1. The molecule has 1 aliphatic rings. The van der Waals surface area contributed by atoms with Gasteiger partial charge in [-0.3, -0.25) is 4.79 Å². The topological polar surface area (TPSA) is 50.4 Å². The Morgan fingerprint density at radius 1 is 1.44 bits per heavy atom. The molecule has 1 aromatic carbocycles. The summed E-state index contributed by atoms with van der Waals surface area (Å²) in [5, 5.41) is 5.97. The number of hydrogen-bond acceptors (Lipinski definition) is 3. The van der Waals surface area contributed by atoms with E-state index < -0.39 is 0 Å². The Hall–Kier alpha value is -1.55. The van der Waals surface area contributed by atoms with Crippen LogP contribution in [0.3, 0.4) is 0 Å². The first-order valence-corrected chi connectivity index (χ1v) is 5.49. The maximum absolute atomic E-state index is 10.8. The van der Waals surface area contributed by atoms with E-state index in [0.717, 1.165) is 30.9 Å². The van der Waals surface area contributed by atoms with Crippen LogP contribution in [0.15, 0.2) is 24.3 Å². The highest BCUT2D eigenvalue weighted by Gasteiger charge is 2.15. The van der Waals surface area contributed by atoms with Crippen molar-refractivity contribution in [2.75, 3.05) is 18.4 Å². The minimum Gasteiger partial charge on any atom is -0.489 e. The molecular formula is C12H16N2O2. The van der Waals surface area contributed by atoms with Crippen molar-refractivity contribution in [1.82, 2.24) is 5.32 Å². The van der Waals surface area contributed by atoms with Crippen LogP contribution in [0, 0.1) is 0 Å². The molecule has 1 saturated heterocycles. The Morgan fingerprint density at radius 2 is 2.19 bits per heavy atom. The van der Waals surface area contributed by atoms with E-state index in [1.54, 1.807) is 0 Å². The minimum atomic E-state index is -0.0614. The van der Waals surface area contributed by atoms with Crippen LogP contribution in [0.1, 0.15) is 13.3 Å². The monoisotopic (exact) mass is 220 g/mol. The van der Waals surface area contributed by atoms with Gasteiger partial charge in [-0.05, 0) is 37.2 Å². The molecule has 0 aliphatic carbocycles. The van der Waals surface area contributed by atoms with Crippen LogP contribution in [-0.4, -0.2) is 25.1 Å². The predicted molar refractivity (Wildman–Crippen MR) is 62.6 cm³/mol. The number of ether oxygens (including phenoxy) is 1. The molecule has 16 heavy (non-hydrogen) atoms. The summed E-state index contributed by atoms with van der Waals surface area (Å²) in [6.07, 6.45) is 1.32. The molecule has 2 N–H and O–H groups in total. The van der Waals surface area contributed by atoms with Crippen LogP contribution in [0.25, 0.3) is 0 Å². The first-order valence-electron chi connectivity index (χ1n) is 5.49. The number of anilines is 1. The molecule has 1 aromatic rings. The summed E-state index contributed by atoms with van der Waals surface area (Å²) in [7, 11) is 0. The second kappa shape index (κ2) is 4.99. The standard InChI is InChI=1S/C12H16N2O2/c1-9(15)14-10-2-4-11(5-3-10)16-12-6-7-13-8-12/h2-5,12-13H,6-8H2,1H3,(H,14,15). The molecule has 2 rings (SSSR count). The lowest BCUT2D eigenvalue weighted by atomic mass is 10.3. The van der Waals surface area contributed by atoms with E-state index in [9.17, 15) is 4.79 Å². The fourth-order valence-electron chi connectivity index (χ4n) is 1.74. The van der Waals surface area contributed by atoms with Crippen LogP contribution < -0.4 is 15.4 Å². The van der Waals surface area contributed by atoms with Gasteiger partial charge in [-0.2, -0.15) is 0 Å². The van der Waals surface area contributed by atoms with Crippen molar-refractivity contribution in [3.05, 3.63) is 24.3 Å². The summed E-state index contributed by atoms with van der Waals surface area (Å²) in [4.78, 5) is 10.8. The van der Waals surface area contributed by atoms with Gasteiger partial charge in [-0.25, -0.2) is 0 Å². The lowest BCUT2D eigenvalue weighted by Gasteiger charge is -2.12. The van der Waals surface area contributed by atoms with Gasteiger partial charge in [0.05, 0.1) is 0 Å². The van der Waals surface area contributed by atoms with Gasteiger partial charge in [0.15, 0.2) is 0 Å². The van der Waals surface area contributed by atoms with Crippen molar-refractivity contribution < 1.29 is 9.53 Å². The van der Waals surface area contributed by atoms with E-state index in [1.807, 2.05) is 24.3 Å². The zero-order valence-corrected chi connectivity index (χ0v) is 9.32. The van der Waals surface area contributed by atoms with Gasteiger partial charge in [-0.15, -0.1) is 0 Å². The smallest absolute Gasteiger partial charge is 0.221 e. The highest BCUT2D eigenvalue weighted by molar-refractivity contribution is 5.88. The van der Waals surface area contributed by atoms with Gasteiger partial charge in [0.25, 0.3) is 0 Å². The summed E-state index contributed by atoms with van der Waals surface area (Å²) in [5.41, 5.74) is 0.796. The molecule has 0 radical (unpaired) electrons. The van der Waals surface area contributed by atoms with Crippen LogP contribution >= 0.6 is 0 Å². The fraction of sp³-hybridized carbons (Fsp3) is 0.417. The summed E-state index contributed by atoms with van der Waals surface area (Å²) < 4.78 is 5.76. The lowest BCUT2D eigenvalue weighted by molar-refractivity contribution is -0.114. The SMILES string of the molecule is CC(=O)Nc1ccc(OC2CCNC2)cc1. The summed E-state index contributed by atoms with van der Waals surface area (Å²) in [5.74, 6) is 0.788. The van der Waals surface area contributed by atoms with E-state index in [0.29, 0.717) is 0 Å². The average Bonchev–Trinajstić information content (AvgIpc) is 2.73. The van der Waals surface area contributed by atoms with Crippen LogP contribution in [0.5, 0.6) is 5.75 Å². The zero-order valence-electron chi connectivity index (χ0n) is 9.32. The highest BCUT2D eigenvalue weighted by Crippen LogP contribution is 2.18. The number of benzene rings is 1. The highest BCUT2D eigenvalue weighted by atomic mass is 16.5. The fourth-order valence-corrected chi connectivity index (χ4v) is 1.74. The maximum Gasteiger partial charge on any atom is 0.221 e. The molecule has 0 aromatic heterocycles. The summed E-state index contributed by atoms with van der Waals surface area (Å²) >= 11 is 0. The Kier molecular flexibility index (Phi) is 3.41. The van der Waals surface area contributed by atoms with Gasteiger partial charge >= 0.3 is 0 Å². The van der Waals surface area contributed by atoms with Crippen molar-refractivity contribution >= 4 is 11.6 Å². The molecule has 4 heteroatoms. The average molecular weight is 220 g/mol. The van der Waals surface area contributed by atoms with Crippen molar-refractivity contribution in [2.45, 2.75) is 19.4 Å². The quantitative estimate of drug-likeness (QED) is 0.809.